The second-order valence-electron chi connectivity index (χ2n) is 14.3. The summed E-state index contributed by atoms with van der Waals surface area (Å²) in [6, 6.07) is 0. The average molecular weight is 765 g/mol. The van der Waals surface area contributed by atoms with Crippen LogP contribution in [0.4, 0.5) is 0 Å². The third-order valence-corrected chi connectivity index (χ3v) is 10.1. The molecular formula is C39H72O12S. The van der Waals surface area contributed by atoms with E-state index >= 15 is 0 Å². The summed E-state index contributed by atoms with van der Waals surface area (Å²) in [4.78, 5) is 25.1. The molecule has 0 spiro atoms. The number of hydrogen-bond acceptors (Lipinski definition) is 11. The minimum Gasteiger partial charge on any atom is -0.462 e. The van der Waals surface area contributed by atoms with E-state index in [1.165, 1.54) is 77.0 Å². The first kappa shape index (κ1) is 48.4. The van der Waals surface area contributed by atoms with Gasteiger partial charge < -0.3 is 34.3 Å². The van der Waals surface area contributed by atoms with Crippen LogP contribution in [0, 0.1) is 0 Å². The van der Waals surface area contributed by atoms with Gasteiger partial charge >= 0.3 is 11.9 Å². The average Bonchev–Trinajstić information content (AvgIpc) is 3.10. The molecule has 13 heteroatoms. The van der Waals surface area contributed by atoms with E-state index < -0.39 is 71.2 Å². The fourth-order valence-corrected chi connectivity index (χ4v) is 6.83. The molecule has 306 valence electrons. The summed E-state index contributed by atoms with van der Waals surface area (Å²) in [6.07, 6.45) is 20.1. The Kier molecular flexibility index (Phi) is 28.6. The van der Waals surface area contributed by atoms with Gasteiger partial charge in [-0.2, -0.15) is 8.42 Å². The van der Waals surface area contributed by atoms with Crippen molar-refractivity contribution in [2.24, 2.45) is 0 Å². The number of carbonyl (C=O) groups is 2. The maximum Gasteiger partial charge on any atom is 0.306 e. The largest absolute Gasteiger partial charge is 0.462 e. The first-order chi connectivity index (χ1) is 25.0. The molecule has 0 aromatic carbocycles. The number of aliphatic hydroxyl groups is 3. The van der Waals surface area contributed by atoms with E-state index in [-0.39, 0.29) is 19.4 Å². The molecule has 12 nitrogen and oxygen atoms in total. The van der Waals surface area contributed by atoms with Gasteiger partial charge in [0.2, 0.25) is 0 Å². The minimum absolute atomic E-state index is 0.162. The minimum atomic E-state index is -4.59. The molecule has 1 heterocycles. The van der Waals surface area contributed by atoms with Crippen LogP contribution in [0.2, 0.25) is 0 Å². The van der Waals surface area contributed by atoms with Crippen molar-refractivity contribution in [1.29, 1.82) is 0 Å². The molecule has 1 aliphatic heterocycles. The Balaban J connectivity index is 2.45. The molecule has 1 fully saturated rings. The predicted molar refractivity (Wildman–Crippen MR) is 201 cm³/mol. The van der Waals surface area contributed by atoms with Crippen LogP contribution in [0.15, 0.2) is 12.2 Å². The van der Waals surface area contributed by atoms with Gasteiger partial charge in [-0.25, -0.2) is 0 Å². The third-order valence-electron chi connectivity index (χ3n) is 9.35. The zero-order chi connectivity index (χ0) is 38.5. The number of hydrogen-bond donors (Lipinski definition) is 4. The van der Waals surface area contributed by atoms with Gasteiger partial charge in [0, 0.05) is 12.8 Å². The van der Waals surface area contributed by atoms with Gasteiger partial charge in [0.15, 0.2) is 12.4 Å². The van der Waals surface area contributed by atoms with Gasteiger partial charge in [0.05, 0.1) is 6.61 Å². The molecule has 0 bridgehead atoms. The van der Waals surface area contributed by atoms with Crippen molar-refractivity contribution >= 4 is 22.1 Å². The lowest BCUT2D eigenvalue weighted by molar-refractivity contribution is -0.297. The monoisotopic (exact) mass is 764 g/mol. The smallest absolute Gasteiger partial charge is 0.306 e. The molecule has 2 unspecified atom stereocenters. The summed E-state index contributed by atoms with van der Waals surface area (Å²) in [5.74, 6) is -1.99. The highest BCUT2D eigenvalue weighted by atomic mass is 32.2. The topological polar surface area (TPSA) is 186 Å². The Hall–Kier alpha value is -1.61. The highest BCUT2D eigenvalue weighted by molar-refractivity contribution is 7.85. The SMILES string of the molecule is CCCCCCCC/C=C/CCCCCCCCCC(=O)O[C@H](COC(=O)CCCCCCCCC)CO[C@H]1O[C@H](CS(=O)(=O)O)[C@@H](O)C(O)C1O. The molecule has 0 aromatic heterocycles. The van der Waals surface area contributed by atoms with Crippen molar-refractivity contribution in [2.45, 2.75) is 205 Å². The number of carbonyl (C=O) groups excluding carboxylic acids is 2. The second kappa shape index (κ2) is 30.7. The molecule has 52 heavy (non-hydrogen) atoms. The van der Waals surface area contributed by atoms with Crippen LogP contribution in [0.5, 0.6) is 0 Å². The number of esters is 2. The van der Waals surface area contributed by atoms with Crippen molar-refractivity contribution in [3.63, 3.8) is 0 Å². The van der Waals surface area contributed by atoms with Crippen LogP contribution in [0.1, 0.15) is 168 Å². The molecule has 0 saturated carbocycles. The number of ether oxygens (including phenoxy) is 4. The van der Waals surface area contributed by atoms with Gasteiger partial charge in [-0.15, -0.1) is 0 Å². The van der Waals surface area contributed by atoms with Crippen LogP contribution >= 0.6 is 0 Å². The second-order valence-corrected chi connectivity index (χ2v) is 15.8. The molecule has 1 rings (SSSR count). The number of aliphatic hydroxyl groups excluding tert-OH is 3. The fourth-order valence-electron chi connectivity index (χ4n) is 6.14. The Bertz CT molecular complexity index is 1040. The van der Waals surface area contributed by atoms with Crippen LogP contribution in [0.3, 0.4) is 0 Å². The quantitative estimate of drug-likeness (QED) is 0.0230. The van der Waals surface area contributed by atoms with Crippen molar-refractivity contribution in [2.75, 3.05) is 19.0 Å². The van der Waals surface area contributed by atoms with Gasteiger partial charge in [-0.1, -0.05) is 129 Å². The zero-order valence-electron chi connectivity index (χ0n) is 32.2. The Morgan fingerprint density at radius 3 is 1.60 bits per heavy atom. The number of allylic oxidation sites excluding steroid dienone is 2. The van der Waals surface area contributed by atoms with Gasteiger partial charge in [-0.3, -0.25) is 14.1 Å². The lowest BCUT2D eigenvalue weighted by Gasteiger charge is -2.40. The maximum atomic E-state index is 12.7. The van der Waals surface area contributed by atoms with Crippen LogP contribution < -0.4 is 0 Å². The highest BCUT2D eigenvalue weighted by Crippen LogP contribution is 2.24. The van der Waals surface area contributed by atoms with Gasteiger partial charge in [0.1, 0.15) is 36.8 Å². The molecule has 6 atom stereocenters. The molecule has 1 aliphatic rings. The van der Waals surface area contributed by atoms with Crippen molar-refractivity contribution in [3.05, 3.63) is 12.2 Å². The summed E-state index contributed by atoms with van der Waals surface area (Å²) in [6.45, 7) is 3.68. The van der Waals surface area contributed by atoms with Crippen molar-refractivity contribution in [1.82, 2.24) is 0 Å². The standard InChI is InChI=1S/C39H72O12S/c1-3-5-7-9-11-12-13-14-15-16-17-18-19-20-22-24-26-28-35(41)50-32(29-48-34(40)27-25-23-21-10-8-6-4-2)30-49-39-38(44)37(43)36(42)33(51-39)31-52(45,46)47/h14-15,32-33,36-39,42-44H,3-13,16-31H2,1-2H3,(H,45,46,47)/b15-14+/t32-,33-,36-,37?,38?,39+/m1/s1. The van der Waals surface area contributed by atoms with E-state index in [9.17, 15) is 37.9 Å². The van der Waals surface area contributed by atoms with E-state index in [1.54, 1.807) is 0 Å². The third kappa shape index (κ3) is 25.4. The maximum absolute atomic E-state index is 12.7. The molecule has 0 aromatic rings. The van der Waals surface area contributed by atoms with E-state index in [2.05, 4.69) is 26.0 Å². The van der Waals surface area contributed by atoms with Gasteiger partial charge in [-0.05, 0) is 38.5 Å². The normalized spacial score (nSPS) is 21.4. The van der Waals surface area contributed by atoms with E-state index in [0.29, 0.717) is 12.8 Å². The van der Waals surface area contributed by atoms with E-state index in [4.69, 9.17) is 18.9 Å². The van der Waals surface area contributed by atoms with Crippen molar-refractivity contribution < 1.29 is 56.8 Å². The zero-order valence-corrected chi connectivity index (χ0v) is 33.0. The first-order valence-corrected chi connectivity index (χ1v) is 21.9. The molecular weight excluding hydrogens is 692 g/mol. The lowest BCUT2D eigenvalue weighted by Crippen LogP contribution is -2.60. The van der Waals surface area contributed by atoms with Crippen LogP contribution in [0.25, 0.3) is 0 Å². The molecule has 4 N–H and O–H groups in total. The highest BCUT2D eigenvalue weighted by Gasteiger charge is 2.46. The summed E-state index contributed by atoms with van der Waals surface area (Å²) in [5.41, 5.74) is 0. The molecule has 0 radical (unpaired) electrons. The molecule has 0 amide bonds. The Morgan fingerprint density at radius 2 is 1.10 bits per heavy atom. The van der Waals surface area contributed by atoms with Crippen LogP contribution in [-0.4, -0.2) is 96.0 Å². The predicted octanol–water partition coefficient (Wildman–Crippen LogP) is 7.11. The van der Waals surface area contributed by atoms with Crippen molar-refractivity contribution in [3.8, 4) is 0 Å². The van der Waals surface area contributed by atoms with Crippen LogP contribution in [-0.2, 0) is 38.7 Å². The van der Waals surface area contributed by atoms with E-state index in [1.807, 2.05) is 0 Å². The fraction of sp³-hybridized carbons (Fsp3) is 0.897. The number of unbranched alkanes of at least 4 members (excludes halogenated alkanes) is 19. The number of rotatable bonds is 33. The summed E-state index contributed by atoms with van der Waals surface area (Å²) in [7, 11) is -4.59. The summed E-state index contributed by atoms with van der Waals surface area (Å²) < 4.78 is 53.7. The van der Waals surface area contributed by atoms with E-state index in [0.717, 1.165) is 51.4 Å². The molecule has 1 saturated heterocycles. The Labute approximate surface area is 314 Å². The Morgan fingerprint density at radius 1 is 0.635 bits per heavy atom. The molecule has 0 aliphatic carbocycles. The first-order valence-electron chi connectivity index (χ1n) is 20.2. The summed E-state index contributed by atoms with van der Waals surface area (Å²) >= 11 is 0. The van der Waals surface area contributed by atoms with Gasteiger partial charge in [0.25, 0.3) is 10.1 Å². The lowest BCUT2D eigenvalue weighted by atomic mass is 10.00. The summed E-state index contributed by atoms with van der Waals surface area (Å²) in [5, 5.41) is 30.7.